The van der Waals surface area contributed by atoms with Crippen LogP contribution in [0.15, 0.2) is 18.2 Å². The summed E-state index contributed by atoms with van der Waals surface area (Å²) in [6.07, 6.45) is 1.73. The first-order valence-electron chi connectivity index (χ1n) is 4.36. The first kappa shape index (κ1) is 9.76. The van der Waals surface area contributed by atoms with Crippen LogP contribution in [0.3, 0.4) is 0 Å². The monoisotopic (exact) mass is 305 g/mol. The predicted octanol–water partition coefficient (Wildman–Crippen LogP) is -1.25. The van der Waals surface area contributed by atoms with Crippen LogP contribution in [0.1, 0.15) is 12.5 Å². The maximum absolute atomic E-state index is 10.5. The number of rotatable bonds is 3. The van der Waals surface area contributed by atoms with E-state index in [1.54, 1.807) is 0 Å². The summed E-state index contributed by atoms with van der Waals surface area (Å²) in [7, 11) is 0. The first-order chi connectivity index (χ1) is 6.79. The van der Waals surface area contributed by atoms with Crippen LogP contribution in [0.2, 0.25) is 0 Å². The molecule has 14 heavy (non-hydrogen) atoms. The molecule has 3 nitrogen and oxygen atoms in total. The zero-order valence-electron chi connectivity index (χ0n) is 7.70. The molecule has 1 aliphatic rings. The van der Waals surface area contributed by atoms with Gasteiger partial charge in [0.15, 0.2) is 0 Å². The van der Waals surface area contributed by atoms with Gasteiger partial charge in [0, 0.05) is 0 Å². The Bertz CT molecular complexity index is 351. The van der Waals surface area contributed by atoms with Gasteiger partial charge in [-0.15, -0.1) is 0 Å². The molecule has 0 aromatic heterocycles. The van der Waals surface area contributed by atoms with E-state index in [1.807, 2.05) is 25.1 Å². The molecule has 0 fully saturated rings. The minimum absolute atomic E-state index is 0.0602. The molecule has 0 radical (unpaired) electrons. The third kappa shape index (κ3) is 2.00. The molecular formula is C10H10IO3-. The number of fused-ring (bicyclic) bond motifs is 1. The first-order valence-corrected chi connectivity index (χ1v) is 6.12. The van der Waals surface area contributed by atoms with Crippen molar-refractivity contribution >= 4 is 6.29 Å². The molecule has 1 aromatic rings. The Hall–Kier alpha value is -0.780. The fraction of sp³-hybridized carbons (Fsp3) is 0.300. The van der Waals surface area contributed by atoms with E-state index in [9.17, 15) is 4.79 Å². The molecule has 4 heteroatoms. The standard InChI is InChI=1S/C10H10IO3/c1-7(6-12)4-8-2-3-9-10(5-8)14-11-13-9/h2-3,5-7H,4H2,1H3/q-1. The van der Waals surface area contributed by atoms with Gasteiger partial charge in [-0.2, -0.15) is 0 Å². The second-order valence-electron chi connectivity index (χ2n) is 3.32. The summed E-state index contributed by atoms with van der Waals surface area (Å²) in [5.74, 6) is 1.72. The third-order valence-electron chi connectivity index (χ3n) is 2.03. The molecule has 0 aliphatic carbocycles. The van der Waals surface area contributed by atoms with Gasteiger partial charge in [-0.3, -0.25) is 0 Å². The number of carbonyl (C=O) groups is 1. The number of carbonyl (C=O) groups excluding carboxylic acids is 1. The van der Waals surface area contributed by atoms with E-state index in [2.05, 4.69) is 0 Å². The minimum atomic E-state index is -0.595. The van der Waals surface area contributed by atoms with E-state index in [0.29, 0.717) is 0 Å². The van der Waals surface area contributed by atoms with Crippen LogP contribution in [-0.2, 0) is 11.2 Å². The van der Waals surface area contributed by atoms with Gasteiger partial charge in [-0.25, -0.2) is 0 Å². The van der Waals surface area contributed by atoms with Crippen molar-refractivity contribution in [2.75, 3.05) is 0 Å². The molecule has 1 atom stereocenters. The Morgan fingerprint density at radius 3 is 3.00 bits per heavy atom. The van der Waals surface area contributed by atoms with E-state index in [4.69, 9.17) is 6.13 Å². The number of benzene rings is 1. The van der Waals surface area contributed by atoms with Crippen molar-refractivity contribution < 1.29 is 33.0 Å². The van der Waals surface area contributed by atoms with Gasteiger partial charge in [0.05, 0.1) is 0 Å². The van der Waals surface area contributed by atoms with E-state index < -0.39 is 22.0 Å². The zero-order valence-corrected chi connectivity index (χ0v) is 9.85. The number of halogens is 1. The number of aldehydes is 1. The van der Waals surface area contributed by atoms with Crippen LogP contribution in [0.25, 0.3) is 0 Å². The second kappa shape index (κ2) is 4.16. The summed E-state index contributed by atoms with van der Waals surface area (Å²) in [5.41, 5.74) is 1.12. The summed E-state index contributed by atoms with van der Waals surface area (Å²) >= 11 is -0.595. The normalized spacial score (nSPS) is 15.8. The van der Waals surface area contributed by atoms with Crippen LogP contribution in [0, 0.1) is 5.92 Å². The number of hydrogen-bond acceptors (Lipinski definition) is 3. The van der Waals surface area contributed by atoms with Gasteiger partial charge in [0.1, 0.15) is 0 Å². The van der Waals surface area contributed by atoms with Crippen molar-refractivity contribution in [3.8, 4) is 11.5 Å². The molecule has 0 bridgehead atoms. The van der Waals surface area contributed by atoms with Crippen molar-refractivity contribution in [2.45, 2.75) is 13.3 Å². The molecule has 1 aromatic carbocycles. The van der Waals surface area contributed by atoms with Crippen LogP contribution < -0.4 is 28.2 Å². The molecular weight excluding hydrogens is 295 g/mol. The Balaban J connectivity index is 2.16. The van der Waals surface area contributed by atoms with Crippen LogP contribution >= 0.6 is 0 Å². The fourth-order valence-corrected chi connectivity index (χ4v) is 2.49. The molecule has 0 N–H and O–H groups in total. The summed E-state index contributed by atoms with van der Waals surface area (Å²) in [6.45, 7) is 1.91. The maximum atomic E-state index is 10.5. The summed E-state index contributed by atoms with van der Waals surface area (Å²) in [6, 6.07) is 5.86. The van der Waals surface area contributed by atoms with Crippen molar-refractivity contribution in [2.24, 2.45) is 5.92 Å². The molecule has 0 saturated heterocycles. The van der Waals surface area contributed by atoms with Gasteiger partial charge in [-0.1, -0.05) is 0 Å². The van der Waals surface area contributed by atoms with Crippen molar-refractivity contribution in [1.82, 2.24) is 0 Å². The average Bonchev–Trinajstić information content (AvgIpc) is 2.64. The molecule has 1 heterocycles. The summed E-state index contributed by atoms with van der Waals surface area (Å²) < 4.78 is 10.7. The average molecular weight is 305 g/mol. The van der Waals surface area contributed by atoms with E-state index in [1.165, 1.54) is 0 Å². The summed E-state index contributed by atoms with van der Waals surface area (Å²) in [4.78, 5) is 10.5. The number of hydrogen-bond donors (Lipinski definition) is 0. The van der Waals surface area contributed by atoms with E-state index in [-0.39, 0.29) is 5.92 Å². The van der Waals surface area contributed by atoms with Gasteiger partial charge < -0.3 is 0 Å². The molecule has 0 saturated carbocycles. The Morgan fingerprint density at radius 1 is 1.43 bits per heavy atom. The fourth-order valence-electron chi connectivity index (χ4n) is 1.31. The topological polar surface area (TPSA) is 35.5 Å². The second-order valence-corrected chi connectivity index (χ2v) is 4.56. The zero-order chi connectivity index (χ0) is 9.97. The van der Waals surface area contributed by atoms with E-state index >= 15 is 0 Å². The van der Waals surface area contributed by atoms with Crippen molar-refractivity contribution in [3.63, 3.8) is 0 Å². The van der Waals surface area contributed by atoms with E-state index in [0.717, 1.165) is 29.8 Å². The Kier molecular flexibility index (Phi) is 2.90. The SMILES string of the molecule is CC(C=O)Cc1ccc2c(c1)O[I-]O2. The third-order valence-corrected chi connectivity index (χ3v) is 3.34. The van der Waals surface area contributed by atoms with Gasteiger partial charge in [0.25, 0.3) is 0 Å². The quantitative estimate of drug-likeness (QED) is 0.517. The Morgan fingerprint density at radius 2 is 2.21 bits per heavy atom. The summed E-state index contributed by atoms with van der Waals surface area (Å²) in [5, 5.41) is 0. The molecule has 76 valence electrons. The van der Waals surface area contributed by atoms with Crippen LogP contribution in [0.4, 0.5) is 0 Å². The molecule has 0 amide bonds. The van der Waals surface area contributed by atoms with Gasteiger partial charge >= 0.3 is 93.8 Å². The van der Waals surface area contributed by atoms with Crippen molar-refractivity contribution in [3.05, 3.63) is 23.8 Å². The van der Waals surface area contributed by atoms with Crippen LogP contribution in [-0.4, -0.2) is 6.29 Å². The van der Waals surface area contributed by atoms with Crippen LogP contribution in [0.5, 0.6) is 11.5 Å². The molecule has 1 unspecified atom stereocenters. The molecule has 0 spiro atoms. The molecule has 1 aliphatic heterocycles. The van der Waals surface area contributed by atoms with Gasteiger partial charge in [0.2, 0.25) is 0 Å². The predicted molar refractivity (Wildman–Crippen MR) is 46.6 cm³/mol. The van der Waals surface area contributed by atoms with Crippen molar-refractivity contribution in [1.29, 1.82) is 0 Å². The Labute approximate surface area is 93.8 Å². The molecule has 2 rings (SSSR count). The van der Waals surface area contributed by atoms with Gasteiger partial charge in [-0.05, 0) is 0 Å².